The van der Waals surface area contributed by atoms with Crippen molar-refractivity contribution in [2.24, 2.45) is 11.8 Å². The third kappa shape index (κ3) is 3.21. The topological polar surface area (TPSA) is 29.5 Å². The van der Waals surface area contributed by atoms with Crippen molar-refractivity contribution in [2.45, 2.75) is 38.6 Å². The van der Waals surface area contributed by atoms with Crippen molar-refractivity contribution < 1.29 is 9.53 Å². The van der Waals surface area contributed by atoms with Gasteiger partial charge in [0, 0.05) is 5.92 Å². The molecule has 2 aliphatic rings. The molecule has 1 amide bonds. The van der Waals surface area contributed by atoms with Crippen LogP contribution in [-0.4, -0.2) is 30.2 Å². The third-order valence-electron chi connectivity index (χ3n) is 4.38. The summed E-state index contributed by atoms with van der Waals surface area (Å²) < 4.78 is 5.54. The van der Waals surface area contributed by atoms with E-state index in [2.05, 4.69) is 19.1 Å². The molecule has 1 aromatic carbocycles. The molecule has 0 bridgehead atoms. The molecule has 0 radical (unpaired) electrons. The number of nitrogens with zero attached hydrogens (tertiary/aromatic N) is 1. The fourth-order valence-corrected chi connectivity index (χ4v) is 3.02. The minimum Gasteiger partial charge on any atom is -0.359 e. The lowest BCUT2D eigenvalue weighted by Gasteiger charge is -2.25. The number of benzene rings is 1. The Balaban J connectivity index is 1.61. The second-order valence-electron chi connectivity index (χ2n) is 6.23. The first-order chi connectivity index (χ1) is 9.74. The average molecular weight is 273 g/mol. The first kappa shape index (κ1) is 13.6. The molecule has 3 rings (SSSR count). The molecule has 2 fully saturated rings. The van der Waals surface area contributed by atoms with Gasteiger partial charge in [-0.25, -0.2) is 0 Å². The lowest BCUT2D eigenvalue weighted by Crippen LogP contribution is -2.41. The van der Waals surface area contributed by atoms with Crippen LogP contribution in [0.25, 0.3) is 0 Å². The Morgan fingerprint density at radius 1 is 1.35 bits per heavy atom. The van der Waals surface area contributed by atoms with Crippen LogP contribution >= 0.6 is 0 Å². The maximum atomic E-state index is 12.6. The van der Waals surface area contributed by atoms with Gasteiger partial charge in [0.25, 0.3) is 0 Å². The van der Waals surface area contributed by atoms with E-state index < -0.39 is 0 Å². The van der Waals surface area contributed by atoms with Crippen molar-refractivity contribution in [2.75, 3.05) is 13.3 Å². The number of amides is 1. The van der Waals surface area contributed by atoms with Gasteiger partial charge in [-0.05, 0) is 24.3 Å². The van der Waals surface area contributed by atoms with E-state index in [0.717, 1.165) is 18.8 Å². The fraction of sp³-hybridized carbons (Fsp3) is 0.588. The van der Waals surface area contributed by atoms with Crippen LogP contribution in [0.1, 0.15) is 31.7 Å². The van der Waals surface area contributed by atoms with Crippen molar-refractivity contribution in [3.63, 3.8) is 0 Å². The molecule has 1 saturated heterocycles. The van der Waals surface area contributed by atoms with Crippen molar-refractivity contribution >= 4 is 5.91 Å². The van der Waals surface area contributed by atoms with Crippen LogP contribution in [0.15, 0.2) is 30.3 Å². The molecule has 1 heterocycles. The summed E-state index contributed by atoms with van der Waals surface area (Å²) in [4.78, 5) is 14.5. The molecule has 1 aliphatic heterocycles. The quantitative estimate of drug-likeness (QED) is 0.825. The fourth-order valence-electron chi connectivity index (χ4n) is 3.02. The van der Waals surface area contributed by atoms with Gasteiger partial charge in [-0.3, -0.25) is 4.79 Å². The average Bonchev–Trinajstić information content (AvgIpc) is 3.16. The summed E-state index contributed by atoms with van der Waals surface area (Å²) in [5.41, 5.74) is 1.27. The monoisotopic (exact) mass is 273 g/mol. The van der Waals surface area contributed by atoms with Gasteiger partial charge in [0.15, 0.2) is 0 Å². The molecule has 108 valence electrons. The molecule has 2 atom stereocenters. The van der Waals surface area contributed by atoms with Gasteiger partial charge in [-0.2, -0.15) is 0 Å². The van der Waals surface area contributed by atoms with E-state index in [0.29, 0.717) is 13.3 Å². The molecule has 1 aliphatic carbocycles. The largest absolute Gasteiger partial charge is 0.359 e. The normalized spacial score (nSPS) is 23.9. The zero-order valence-corrected chi connectivity index (χ0v) is 12.1. The molecule has 1 saturated carbocycles. The van der Waals surface area contributed by atoms with E-state index in [1.54, 1.807) is 0 Å². The zero-order valence-electron chi connectivity index (χ0n) is 12.1. The maximum absolute atomic E-state index is 12.6. The Morgan fingerprint density at radius 2 is 2.10 bits per heavy atom. The van der Waals surface area contributed by atoms with Crippen LogP contribution in [0, 0.1) is 11.8 Å². The highest BCUT2D eigenvalue weighted by Crippen LogP contribution is 2.36. The van der Waals surface area contributed by atoms with Crippen molar-refractivity contribution in [1.82, 2.24) is 4.90 Å². The minimum atomic E-state index is 0.141. The van der Waals surface area contributed by atoms with E-state index in [1.807, 2.05) is 23.1 Å². The SMILES string of the molecule is CC(CC1CC1)C(=O)N1COCC1Cc1ccccc1. The van der Waals surface area contributed by atoms with Crippen LogP contribution < -0.4 is 0 Å². The molecule has 1 aromatic rings. The Morgan fingerprint density at radius 3 is 2.80 bits per heavy atom. The number of carbonyl (C=O) groups excluding carboxylic acids is 1. The molecular formula is C17H23NO2. The van der Waals surface area contributed by atoms with Gasteiger partial charge in [-0.1, -0.05) is 50.1 Å². The summed E-state index contributed by atoms with van der Waals surface area (Å²) in [6.45, 7) is 3.20. The zero-order chi connectivity index (χ0) is 13.9. The lowest BCUT2D eigenvalue weighted by molar-refractivity contribution is -0.137. The van der Waals surface area contributed by atoms with E-state index in [4.69, 9.17) is 4.74 Å². The van der Waals surface area contributed by atoms with Crippen LogP contribution in [0.2, 0.25) is 0 Å². The standard InChI is InChI=1S/C17H23NO2/c1-13(9-15-7-8-15)17(19)18-12-20-11-16(18)10-14-5-3-2-4-6-14/h2-6,13,15-16H,7-12H2,1H3. The molecule has 20 heavy (non-hydrogen) atoms. The van der Waals surface area contributed by atoms with Gasteiger partial charge in [0.2, 0.25) is 5.91 Å². The molecule has 0 N–H and O–H groups in total. The van der Waals surface area contributed by atoms with E-state index in [-0.39, 0.29) is 17.9 Å². The molecule has 0 spiro atoms. The second-order valence-corrected chi connectivity index (χ2v) is 6.23. The van der Waals surface area contributed by atoms with Crippen molar-refractivity contribution in [3.05, 3.63) is 35.9 Å². The highest BCUT2D eigenvalue weighted by Gasteiger charge is 2.34. The van der Waals surface area contributed by atoms with Gasteiger partial charge < -0.3 is 9.64 Å². The molecule has 3 nitrogen and oxygen atoms in total. The van der Waals surface area contributed by atoms with Crippen LogP contribution in [0.5, 0.6) is 0 Å². The van der Waals surface area contributed by atoms with Crippen LogP contribution in [0.3, 0.4) is 0 Å². The van der Waals surface area contributed by atoms with Gasteiger partial charge in [0.05, 0.1) is 12.6 Å². The smallest absolute Gasteiger partial charge is 0.227 e. The summed E-state index contributed by atoms with van der Waals surface area (Å²) >= 11 is 0. The predicted molar refractivity (Wildman–Crippen MR) is 78.1 cm³/mol. The Kier molecular flexibility index (Phi) is 4.06. The van der Waals surface area contributed by atoms with Crippen LogP contribution in [0.4, 0.5) is 0 Å². The first-order valence-electron chi connectivity index (χ1n) is 7.66. The molecule has 2 unspecified atom stereocenters. The van der Waals surface area contributed by atoms with E-state index in [1.165, 1.54) is 18.4 Å². The van der Waals surface area contributed by atoms with E-state index in [9.17, 15) is 4.79 Å². The molecule has 0 aromatic heterocycles. The summed E-state index contributed by atoms with van der Waals surface area (Å²) in [6.07, 6.45) is 4.55. The first-order valence-corrected chi connectivity index (χ1v) is 7.66. The van der Waals surface area contributed by atoms with Crippen molar-refractivity contribution in [3.8, 4) is 0 Å². The maximum Gasteiger partial charge on any atom is 0.227 e. The van der Waals surface area contributed by atoms with Gasteiger partial charge in [-0.15, -0.1) is 0 Å². The lowest BCUT2D eigenvalue weighted by atomic mass is 10.0. The number of ether oxygens (including phenoxy) is 1. The number of carbonyl (C=O) groups is 1. The minimum absolute atomic E-state index is 0.141. The number of rotatable bonds is 5. The summed E-state index contributed by atoms with van der Waals surface area (Å²) in [6, 6.07) is 10.6. The van der Waals surface area contributed by atoms with Crippen molar-refractivity contribution in [1.29, 1.82) is 0 Å². The van der Waals surface area contributed by atoms with Crippen LogP contribution in [-0.2, 0) is 16.0 Å². The van der Waals surface area contributed by atoms with Gasteiger partial charge >= 0.3 is 0 Å². The van der Waals surface area contributed by atoms with Gasteiger partial charge in [0.1, 0.15) is 6.73 Å². The number of hydrogen-bond donors (Lipinski definition) is 0. The number of hydrogen-bond acceptors (Lipinski definition) is 2. The molecular weight excluding hydrogens is 250 g/mol. The predicted octanol–water partition coefficient (Wildman–Crippen LogP) is 2.85. The highest BCUT2D eigenvalue weighted by molar-refractivity contribution is 5.79. The summed E-state index contributed by atoms with van der Waals surface area (Å²) in [5.74, 6) is 1.21. The van der Waals surface area contributed by atoms with E-state index >= 15 is 0 Å². The summed E-state index contributed by atoms with van der Waals surface area (Å²) in [7, 11) is 0. The third-order valence-corrected chi connectivity index (χ3v) is 4.38. The summed E-state index contributed by atoms with van der Waals surface area (Å²) in [5, 5.41) is 0. The Hall–Kier alpha value is -1.35. The second kappa shape index (κ2) is 5.96. The Bertz CT molecular complexity index is 455. The molecule has 3 heteroatoms. The highest BCUT2D eigenvalue weighted by atomic mass is 16.5. The Labute approximate surface area is 120 Å².